The monoisotopic (exact) mass is 432 g/mol. The molecule has 0 radical (unpaired) electrons. The molecule has 0 saturated carbocycles. The van der Waals surface area contributed by atoms with E-state index in [2.05, 4.69) is 24.3 Å². The van der Waals surface area contributed by atoms with Crippen LogP contribution in [0.2, 0.25) is 0 Å². The predicted molar refractivity (Wildman–Crippen MR) is 129 cm³/mol. The molecule has 0 unspecified atom stereocenters. The molecule has 1 atom stereocenters. The first-order valence-electron chi connectivity index (χ1n) is 11.2. The molecule has 1 aliphatic rings. The fourth-order valence-corrected chi connectivity index (χ4v) is 4.57. The van der Waals surface area contributed by atoms with Gasteiger partial charge < -0.3 is 4.74 Å². The van der Waals surface area contributed by atoms with Crippen molar-refractivity contribution >= 4 is 11.8 Å². The zero-order valence-corrected chi connectivity index (χ0v) is 18.4. The molecule has 4 aromatic rings. The van der Waals surface area contributed by atoms with Crippen LogP contribution in [0.15, 0.2) is 103 Å². The number of carbonyl (C=O) groups is 2. The predicted octanol–water partition coefficient (Wildman–Crippen LogP) is 6.38. The molecule has 0 heterocycles. The molecule has 1 aliphatic carbocycles. The second-order valence-electron chi connectivity index (χ2n) is 8.40. The van der Waals surface area contributed by atoms with E-state index in [9.17, 15) is 9.59 Å². The lowest BCUT2D eigenvalue weighted by Gasteiger charge is -2.17. The van der Waals surface area contributed by atoms with Crippen molar-refractivity contribution in [3.63, 3.8) is 0 Å². The van der Waals surface area contributed by atoms with Crippen LogP contribution in [0.25, 0.3) is 11.1 Å². The van der Waals surface area contributed by atoms with Gasteiger partial charge in [0.25, 0.3) is 0 Å². The first kappa shape index (κ1) is 20.9. The largest absolute Gasteiger partial charge is 0.464 e. The summed E-state index contributed by atoms with van der Waals surface area (Å²) >= 11 is 0. The molecule has 0 N–H and O–H groups in total. The van der Waals surface area contributed by atoms with E-state index in [4.69, 9.17) is 4.74 Å². The quantitative estimate of drug-likeness (QED) is 0.262. The van der Waals surface area contributed by atoms with Crippen LogP contribution < -0.4 is 0 Å². The molecule has 0 amide bonds. The number of benzene rings is 4. The van der Waals surface area contributed by atoms with Crippen molar-refractivity contribution < 1.29 is 14.3 Å². The average molecular weight is 433 g/mol. The Morgan fingerprint density at radius 3 is 1.97 bits per heavy atom. The summed E-state index contributed by atoms with van der Waals surface area (Å²) in [4.78, 5) is 25.8. The van der Waals surface area contributed by atoms with Crippen LogP contribution in [-0.2, 0) is 9.53 Å². The Morgan fingerprint density at radius 1 is 0.727 bits per heavy atom. The lowest BCUT2D eigenvalue weighted by molar-refractivity contribution is -0.145. The maximum atomic E-state index is 13.0. The van der Waals surface area contributed by atoms with Crippen molar-refractivity contribution in [2.75, 3.05) is 6.61 Å². The summed E-state index contributed by atoms with van der Waals surface area (Å²) in [5, 5.41) is 0. The van der Waals surface area contributed by atoms with Crippen molar-refractivity contribution in [3.05, 3.63) is 131 Å². The summed E-state index contributed by atoms with van der Waals surface area (Å²) in [6.45, 7) is 2.12. The molecule has 0 saturated heterocycles. The Labute approximate surface area is 193 Å². The minimum atomic E-state index is -0.472. The second kappa shape index (κ2) is 8.87. The van der Waals surface area contributed by atoms with Gasteiger partial charge in [-0.15, -0.1) is 0 Å². The minimum absolute atomic E-state index is 0.0274. The van der Waals surface area contributed by atoms with Crippen LogP contribution in [0.3, 0.4) is 0 Å². The zero-order chi connectivity index (χ0) is 22.8. The molecule has 0 aliphatic heterocycles. The van der Waals surface area contributed by atoms with Crippen LogP contribution in [0.4, 0.5) is 0 Å². The number of ketones is 1. The zero-order valence-electron chi connectivity index (χ0n) is 18.4. The molecule has 0 aromatic heterocycles. The third-order valence-electron chi connectivity index (χ3n) is 6.39. The number of hydrogen-bond acceptors (Lipinski definition) is 3. The fourth-order valence-electron chi connectivity index (χ4n) is 4.57. The highest BCUT2D eigenvalue weighted by molar-refractivity contribution is 6.09. The van der Waals surface area contributed by atoms with E-state index >= 15 is 0 Å². The maximum absolute atomic E-state index is 13.0. The Morgan fingerprint density at radius 2 is 1.30 bits per heavy atom. The Kier molecular flexibility index (Phi) is 5.62. The average Bonchev–Trinajstić information content (AvgIpc) is 3.20. The summed E-state index contributed by atoms with van der Waals surface area (Å²) in [7, 11) is 0. The first-order chi connectivity index (χ1) is 16.1. The number of fused-ring (bicyclic) bond motifs is 3. The van der Waals surface area contributed by atoms with Gasteiger partial charge in [-0.1, -0.05) is 97.1 Å². The molecule has 5 rings (SSSR count). The smallest absolute Gasteiger partial charge is 0.313 e. The highest BCUT2D eigenvalue weighted by Crippen LogP contribution is 2.44. The van der Waals surface area contributed by atoms with Crippen molar-refractivity contribution in [1.29, 1.82) is 0 Å². The second-order valence-corrected chi connectivity index (χ2v) is 8.40. The summed E-state index contributed by atoms with van der Waals surface area (Å²) in [6.07, 6.45) is 0. The summed E-state index contributed by atoms with van der Waals surface area (Å²) < 4.78 is 5.82. The molecule has 0 spiro atoms. The van der Waals surface area contributed by atoms with Gasteiger partial charge in [0.15, 0.2) is 5.78 Å². The lowest BCUT2D eigenvalue weighted by atomic mass is 9.95. The lowest BCUT2D eigenvalue weighted by Crippen LogP contribution is -2.17. The molecular formula is C30H24O3. The topological polar surface area (TPSA) is 43.4 Å². The van der Waals surface area contributed by atoms with E-state index in [1.165, 1.54) is 22.3 Å². The number of hydrogen-bond donors (Lipinski definition) is 0. The van der Waals surface area contributed by atoms with Crippen molar-refractivity contribution in [1.82, 2.24) is 0 Å². The highest BCUT2D eigenvalue weighted by atomic mass is 16.5. The van der Waals surface area contributed by atoms with Crippen LogP contribution in [0, 0.1) is 0 Å². The van der Waals surface area contributed by atoms with Crippen LogP contribution >= 0.6 is 0 Å². The van der Waals surface area contributed by atoms with E-state index < -0.39 is 5.92 Å². The van der Waals surface area contributed by atoms with Gasteiger partial charge in [0.05, 0.1) is 5.92 Å². The van der Waals surface area contributed by atoms with E-state index in [1.807, 2.05) is 61.5 Å². The summed E-state index contributed by atoms with van der Waals surface area (Å²) in [5.74, 6) is -0.793. The minimum Gasteiger partial charge on any atom is -0.464 e. The molecule has 3 nitrogen and oxygen atoms in total. The third-order valence-corrected chi connectivity index (χ3v) is 6.39. The van der Waals surface area contributed by atoms with Crippen molar-refractivity contribution in [3.8, 4) is 11.1 Å². The van der Waals surface area contributed by atoms with E-state index in [0.717, 1.165) is 5.56 Å². The highest BCUT2D eigenvalue weighted by Gasteiger charge is 2.30. The molecule has 0 fully saturated rings. The Bertz CT molecular complexity index is 1280. The molecule has 0 bridgehead atoms. The van der Waals surface area contributed by atoms with Crippen molar-refractivity contribution in [2.24, 2.45) is 0 Å². The van der Waals surface area contributed by atoms with Gasteiger partial charge in [0, 0.05) is 17.0 Å². The van der Waals surface area contributed by atoms with Crippen molar-refractivity contribution in [2.45, 2.75) is 18.8 Å². The Balaban J connectivity index is 1.32. The number of esters is 1. The van der Waals surface area contributed by atoms with Crippen LogP contribution in [0.5, 0.6) is 0 Å². The molecule has 4 aromatic carbocycles. The van der Waals surface area contributed by atoms with E-state index in [1.54, 1.807) is 24.3 Å². The number of rotatable bonds is 6. The number of ether oxygens (including phenoxy) is 1. The van der Waals surface area contributed by atoms with Gasteiger partial charge in [-0.2, -0.15) is 0 Å². The van der Waals surface area contributed by atoms with Crippen LogP contribution in [-0.4, -0.2) is 18.4 Å². The fraction of sp³-hybridized carbons (Fsp3) is 0.133. The molecular weight excluding hydrogens is 408 g/mol. The SMILES string of the molecule is C[C@@H](C(=O)OCC1c2ccccc2-c2ccccc21)c1cccc(C(=O)c2ccccc2)c1. The third kappa shape index (κ3) is 3.98. The number of carbonyl (C=O) groups excluding carboxylic acids is 2. The molecule has 3 heteroatoms. The van der Waals surface area contributed by atoms with E-state index in [0.29, 0.717) is 17.7 Å². The van der Waals surface area contributed by atoms with Gasteiger partial charge in [0.1, 0.15) is 6.61 Å². The van der Waals surface area contributed by atoms with Gasteiger partial charge in [0.2, 0.25) is 0 Å². The maximum Gasteiger partial charge on any atom is 0.313 e. The summed E-state index contributed by atoms with van der Waals surface area (Å²) in [6, 6.07) is 33.0. The van der Waals surface area contributed by atoms with Gasteiger partial charge in [-0.3, -0.25) is 9.59 Å². The summed E-state index contributed by atoms with van der Waals surface area (Å²) in [5.41, 5.74) is 6.75. The van der Waals surface area contributed by atoms with E-state index in [-0.39, 0.29) is 17.7 Å². The molecule has 162 valence electrons. The van der Waals surface area contributed by atoms with Crippen LogP contribution in [0.1, 0.15) is 51.4 Å². The van der Waals surface area contributed by atoms with Gasteiger partial charge in [-0.25, -0.2) is 0 Å². The van der Waals surface area contributed by atoms with Gasteiger partial charge >= 0.3 is 5.97 Å². The first-order valence-corrected chi connectivity index (χ1v) is 11.2. The Hall–Kier alpha value is -3.98. The molecule has 33 heavy (non-hydrogen) atoms. The normalized spacial score (nSPS) is 13.1. The van der Waals surface area contributed by atoms with Gasteiger partial charge in [-0.05, 0) is 40.8 Å². The standard InChI is InChI=1S/C30H24O3/c1-20(22-12-9-13-23(18-22)29(31)21-10-3-2-4-11-21)30(32)33-19-28-26-16-7-5-14-24(26)25-15-6-8-17-27(25)28/h2-18,20,28H,19H2,1H3/t20-/m1/s1.